The summed E-state index contributed by atoms with van der Waals surface area (Å²) in [6.45, 7) is 2.20. The predicted molar refractivity (Wildman–Crippen MR) is 256 cm³/mol. The molecule has 5 saturated carbocycles. The van der Waals surface area contributed by atoms with Crippen molar-refractivity contribution in [2.75, 3.05) is 0 Å². The van der Waals surface area contributed by atoms with Gasteiger partial charge in [0.25, 0.3) is 0 Å². The second-order valence-corrected chi connectivity index (χ2v) is 21.6. The van der Waals surface area contributed by atoms with E-state index in [9.17, 15) is 4.57 Å². The van der Waals surface area contributed by atoms with E-state index in [1.165, 1.54) is 91.8 Å². The van der Waals surface area contributed by atoms with E-state index in [0.29, 0.717) is 0 Å². The third-order valence-corrected chi connectivity index (χ3v) is 17.9. The van der Waals surface area contributed by atoms with Crippen molar-refractivity contribution in [3.8, 4) is 11.3 Å². The summed E-state index contributed by atoms with van der Waals surface area (Å²) in [5.74, 6) is 5.36. The normalized spacial score (nSPS) is 22.0. The van der Waals surface area contributed by atoms with E-state index < -0.39 is 7.14 Å². The van der Waals surface area contributed by atoms with Gasteiger partial charge in [-0.2, -0.15) is 30.3 Å². The molecule has 13 rings (SSSR count). The molecule has 1 heterocycles. The zero-order chi connectivity index (χ0) is 40.9. The molecule has 1 aromatic heterocycles. The molecule has 5 aliphatic carbocycles. The largest absolute Gasteiger partial charge is 0.311 e. The summed E-state index contributed by atoms with van der Waals surface area (Å²) in [5, 5.41) is 8.29. The predicted octanol–water partition coefficient (Wildman–Crippen LogP) is 14.0. The van der Waals surface area contributed by atoms with Crippen LogP contribution in [-0.2, 0) is 24.7 Å². The van der Waals surface area contributed by atoms with Gasteiger partial charge in [-0.1, -0.05) is 129 Å². The number of benzene rings is 7. The molecule has 7 aromatic carbocycles. The monoisotopic (exact) mass is 1000 g/mol. The Morgan fingerprint density at radius 1 is 0.597 bits per heavy atom. The molecule has 2 nitrogen and oxygen atoms in total. The van der Waals surface area contributed by atoms with Crippen molar-refractivity contribution >= 4 is 55.5 Å². The van der Waals surface area contributed by atoms with Gasteiger partial charge < -0.3 is 4.57 Å². The Morgan fingerprint density at radius 2 is 1.23 bits per heavy atom. The van der Waals surface area contributed by atoms with Crippen LogP contribution in [0, 0.1) is 42.7 Å². The minimum Gasteiger partial charge on any atom is -0.311 e. The third-order valence-electron chi connectivity index (χ3n) is 15.0. The maximum absolute atomic E-state index is 14.7. The maximum Gasteiger partial charge on any atom is 0.147 e. The van der Waals surface area contributed by atoms with Crippen molar-refractivity contribution in [1.82, 2.24) is 4.98 Å². The van der Waals surface area contributed by atoms with Crippen LogP contribution in [0.25, 0.3) is 43.7 Å². The summed E-state index contributed by atoms with van der Waals surface area (Å²) in [5.41, 5.74) is 7.79. The van der Waals surface area contributed by atoms with Gasteiger partial charge in [0, 0.05) is 36.1 Å². The Bertz CT molecular complexity index is 2820. The SMILES string of the molecule is Cc1[c-]c(-c2ccc3c(C4C5CC6CC(C5)CC4C6)cccc3n2)cc(C2CCCCC2)c1.O=P(c1[c-]cccc1)(c1ccc2ccccc2c1)c1ccc2ccccc2c1.[Ir]. The first kappa shape index (κ1) is 41.4. The van der Waals surface area contributed by atoms with Crippen LogP contribution in [-0.4, -0.2) is 4.98 Å². The first-order valence-electron chi connectivity index (χ1n) is 23.0. The minimum absolute atomic E-state index is 0. The Labute approximate surface area is 381 Å². The topological polar surface area (TPSA) is 30.0 Å². The molecule has 313 valence electrons. The van der Waals surface area contributed by atoms with E-state index in [1.54, 1.807) is 5.56 Å². The van der Waals surface area contributed by atoms with Crippen LogP contribution < -0.4 is 15.9 Å². The van der Waals surface area contributed by atoms with Gasteiger partial charge in [-0.25, -0.2) is 0 Å². The second kappa shape index (κ2) is 17.5. The molecule has 0 amide bonds. The van der Waals surface area contributed by atoms with Gasteiger partial charge in [0.15, 0.2) is 0 Å². The van der Waals surface area contributed by atoms with Crippen molar-refractivity contribution in [3.05, 3.63) is 180 Å². The fourth-order valence-electron chi connectivity index (χ4n) is 12.4. The quantitative estimate of drug-likeness (QED) is 0.123. The molecule has 4 bridgehead atoms. The molecule has 0 N–H and O–H groups in total. The van der Waals surface area contributed by atoms with Crippen LogP contribution in [0.2, 0.25) is 0 Å². The number of hydrogen-bond donors (Lipinski definition) is 0. The Kier molecular flexibility index (Phi) is 11.7. The first-order valence-corrected chi connectivity index (χ1v) is 24.7. The van der Waals surface area contributed by atoms with E-state index in [-0.39, 0.29) is 20.1 Å². The van der Waals surface area contributed by atoms with Crippen LogP contribution in [0.3, 0.4) is 0 Å². The summed E-state index contributed by atoms with van der Waals surface area (Å²) >= 11 is 0. The van der Waals surface area contributed by atoms with Crippen molar-refractivity contribution in [2.45, 2.75) is 83.0 Å². The van der Waals surface area contributed by atoms with Gasteiger partial charge in [0.2, 0.25) is 0 Å². The van der Waals surface area contributed by atoms with Crippen molar-refractivity contribution in [3.63, 3.8) is 0 Å². The minimum atomic E-state index is -3.04. The number of nitrogens with zero attached hydrogens (tertiary/aromatic N) is 1. The van der Waals surface area contributed by atoms with Crippen molar-refractivity contribution < 1.29 is 24.7 Å². The van der Waals surface area contributed by atoms with Crippen LogP contribution >= 0.6 is 7.14 Å². The summed E-state index contributed by atoms with van der Waals surface area (Å²) in [6.07, 6.45) is 14.2. The van der Waals surface area contributed by atoms with Gasteiger partial charge in [-0.3, -0.25) is 4.98 Å². The van der Waals surface area contributed by atoms with E-state index in [4.69, 9.17) is 4.98 Å². The Balaban J connectivity index is 0.000000148. The Hall–Kier alpha value is -4.65. The molecule has 8 aromatic rings. The Morgan fingerprint density at radius 3 is 1.85 bits per heavy atom. The van der Waals surface area contributed by atoms with Gasteiger partial charge >= 0.3 is 0 Å². The number of fused-ring (bicyclic) bond motifs is 3. The number of aromatic nitrogens is 1. The summed E-state index contributed by atoms with van der Waals surface area (Å²) in [4.78, 5) is 5.21. The molecule has 5 aliphatic rings. The number of pyridine rings is 1. The molecule has 5 fully saturated rings. The van der Waals surface area contributed by atoms with E-state index in [0.717, 1.165) is 78.7 Å². The smallest absolute Gasteiger partial charge is 0.147 e. The second-order valence-electron chi connectivity index (χ2n) is 18.8. The van der Waals surface area contributed by atoms with E-state index in [2.05, 4.69) is 110 Å². The van der Waals surface area contributed by atoms with E-state index in [1.807, 2.05) is 60.7 Å². The third kappa shape index (κ3) is 7.85. The fourth-order valence-corrected chi connectivity index (χ4v) is 15.0. The zero-order valence-electron chi connectivity index (χ0n) is 35.6. The molecule has 0 unspecified atom stereocenters. The molecular weight excluding hydrogens is 950 g/mol. The number of hydrogen-bond acceptors (Lipinski definition) is 2. The van der Waals surface area contributed by atoms with Gasteiger partial charge in [-0.05, 0) is 131 Å². The molecule has 4 heteroatoms. The van der Waals surface area contributed by atoms with Gasteiger partial charge in [0.1, 0.15) is 7.14 Å². The first-order chi connectivity index (χ1) is 30.0. The van der Waals surface area contributed by atoms with E-state index >= 15 is 0 Å². The van der Waals surface area contributed by atoms with Crippen LogP contribution in [0.1, 0.15) is 92.7 Å². The zero-order valence-corrected chi connectivity index (χ0v) is 38.9. The van der Waals surface area contributed by atoms with Crippen molar-refractivity contribution in [1.29, 1.82) is 0 Å². The summed E-state index contributed by atoms with van der Waals surface area (Å²) < 4.78 is 14.7. The molecule has 0 aliphatic heterocycles. The summed E-state index contributed by atoms with van der Waals surface area (Å²) in [7, 11) is -3.04. The molecule has 0 atom stereocenters. The number of rotatable bonds is 6. The maximum atomic E-state index is 14.7. The van der Waals surface area contributed by atoms with Crippen LogP contribution in [0.15, 0.2) is 152 Å². The van der Waals surface area contributed by atoms with Crippen molar-refractivity contribution in [2.24, 2.45) is 23.7 Å². The standard InChI is InChI=1S/C32H36N.C26H18OP.Ir/c1-20-12-24(23-6-3-2-4-7-23)19-25(13-20)30-11-10-28-29(8-5-9-31(28)33-30)32-26-15-21-14-22(17-26)18-27(32)16-21;27-28(24-12-2-1-3-13-24,25-16-14-20-8-4-6-10-22(20)18-25)26-17-15-21-9-5-7-11-23(21)19-26;/h5,8-12,19,21-23,26-27,32H,2-4,6-7,14-18H2,1H3;1-12,14-19H;/q2*-1;. The summed E-state index contributed by atoms with van der Waals surface area (Å²) in [6, 6.07) is 59.4. The number of aryl methyl sites for hydroxylation is 1. The fraction of sp³-hybridized carbons (Fsp3) is 0.293. The van der Waals surface area contributed by atoms with Gasteiger partial charge in [0.05, 0.1) is 5.52 Å². The van der Waals surface area contributed by atoms with Crippen LogP contribution in [0.4, 0.5) is 0 Å². The van der Waals surface area contributed by atoms with Crippen LogP contribution in [0.5, 0.6) is 0 Å². The molecular formula is C58H54IrNOP-2. The average molecular weight is 1000 g/mol. The molecule has 0 saturated heterocycles. The average Bonchev–Trinajstić information content (AvgIpc) is 3.31. The molecule has 62 heavy (non-hydrogen) atoms. The van der Waals surface area contributed by atoms with Gasteiger partial charge in [-0.15, -0.1) is 34.9 Å². The molecule has 0 spiro atoms. The molecule has 1 radical (unpaired) electrons.